The van der Waals surface area contributed by atoms with E-state index in [1.54, 1.807) is 0 Å². The highest BCUT2D eigenvalue weighted by atomic mass is 16.5. The Morgan fingerprint density at radius 3 is 2.88 bits per heavy atom. The molecule has 3 atom stereocenters. The summed E-state index contributed by atoms with van der Waals surface area (Å²) in [5.41, 5.74) is 0.272. The summed E-state index contributed by atoms with van der Waals surface area (Å²) in [7, 11) is 0. The third-order valence-electron chi connectivity index (χ3n) is 4.63. The number of amides is 1. The van der Waals surface area contributed by atoms with Crippen LogP contribution < -0.4 is 0 Å². The average molecular weight is 237 g/mol. The van der Waals surface area contributed by atoms with Crippen molar-refractivity contribution in [2.24, 2.45) is 11.3 Å². The molecule has 0 aromatic heterocycles. The molecule has 3 unspecified atom stereocenters. The molecule has 2 fully saturated rings. The molecule has 0 spiro atoms. The Kier molecular flexibility index (Phi) is 3.57. The zero-order chi connectivity index (χ0) is 12.5. The molecule has 0 bridgehead atoms. The summed E-state index contributed by atoms with van der Waals surface area (Å²) < 4.78 is 5.61. The summed E-state index contributed by atoms with van der Waals surface area (Å²) in [5, 5.41) is 0. The number of carbonyl (C=O) groups is 1. The molecule has 0 aromatic rings. The number of rotatable bonds is 4. The third-order valence-corrected chi connectivity index (χ3v) is 4.63. The van der Waals surface area contributed by atoms with Gasteiger partial charge < -0.3 is 9.64 Å². The SMILES string of the molecule is C=CC(=O)N1CC(CC)(CCC)C2COCC21. The first-order chi connectivity index (χ1) is 8.18. The van der Waals surface area contributed by atoms with E-state index in [0.29, 0.717) is 12.5 Å². The first kappa shape index (κ1) is 12.6. The highest BCUT2D eigenvalue weighted by Crippen LogP contribution is 2.48. The lowest BCUT2D eigenvalue weighted by atomic mass is 9.71. The number of likely N-dealkylation sites (tertiary alicyclic amines) is 1. The van der Waals surface area contributed by atoms with Crippen molar-refractivity contribution in [3.05, 3.63) is 12.7 Å². The molecule has 0 N–H and O–H groups in total. The molecular formula is C14H23NO2. The molecule has 2 aliphatic rings. The number of carbonyl (C=O) groups excluding carboxylic acids is 1. The van der Waals surface area contributed by atoms with Gasteiger partial charge in [-0.2, -0.15) is 0 Å². The van der Waals surface area contributed by atoms with Crippen molar-refractivity contribution >= 4 is 5.91 Å². The fraction of sp³-hybridized carbons (Fsp3) is 0.786. The van der Waals surface area contributed by atoms with Gasteiger partial charge in [0.25, 0.3) is 0 Å². The van der Waals surface area contributed by atoms with Crippen molar-refractivity contribution in [2.75, 3.05) is 19.8 Å². The Bertz CT molecular complexity index is 315. The summed E-state index contributed by atoms with van der Waals surface area (Å²) in [6, 6.07) is 0.284. The van der Waals surface area contributed by atoms with E-state index >= 15 is 0 Å². The summed E-state index contributed by atoms with van der Waals surface area (Å²) in [6.07, 6.45) is 4.93. The number of nitrogens with zero attached hydrogens (tertiary/aromatic N) is 1. The Morgan fingerprint density at radius 1 is 1.53 bits per heavy atom. The largest absolute Gasteiger partial charge is 0.379 e. The second kappa shape index (κ2) is 4.81. The summed E-state index contributed by atoms with van der Waals surface area (Å²) in [4.78, 5) is 13.9. The first-order valence-corrected chi connectivity index (χ1v) is 6.69. The Balaban J connectivity index is 2.25. The van der Waals surface area contributed by atoms with Crippen LogP contribution in [0, 0.1) is 11.3 Å². The van der Waals surface area contributed by atoms with Gasteiger partial charge in [-0.25, -0.2) is 0 Å². The van der Waals surface area contributed by atoms with Gasteiger partial charge in [0.2, 0.25) is 5.91 Å². The van der Waals surface area contributed by atoms with E-state index in [1.165, 1.54) is 18.9 Å². The molecule has 3 nitrogen and oxygen atoms in total. The van der Waals surface area contributed by atoms with Crippen LogP contribution in [0.4, 0.5) is 0 Å². The van der Waals surface area contributed by atoms with Gasteiger partial charge in [0, 0.05) is 12.5 Å². The minimum atomic E-state index is 0.0666. The molecule has 0 aliphatic carbocycles. The fourth-order valence-electron chi connectivity index (χ4n) is 3.68. The predicted octanol–water partition coefficient (Wildman–Crippen LogP) is 2.23. The zero-order valence-electron chi connectivity index (χ0n) is 10.9. The second-order valence-electron chi connectivity index (χ2n) is 5.35. The topological polar surface area (TPSA) is 29.5 Å². The summed E-state index contributed by atoms with van der Waals surface area (Å²) in [6.45, 7) is 10.5. The van der Waals surface area contributed by atoms with E-state index in [2.05, 4.69) is 20.4 Å². The lowest BCUT2D eigenvalue weighted by Crippen LogP contribution is -2.37. The van der Waals surface area contributed by atoms with Gasteiger partial charge in [0.15, 0.2) is 0 Å². The Labute approximate surface area is 104 Å². The monoisotopic (exact) mass is 237 g/mol. The van der Waals surface area contributed by atoms with Crippen LogP contribution in [0.2, 0.25) is 0 Å². The van der Waals surface area contributed by atoms with Crippen LogP contribution >= 0.6 is 0 Å². The van der Waals surface area contributed by atoms with Crippen LogP contribution in [0.1, 0.15) is 33.1 Å². The van der Waals surface area contributed by atoms with E-state index < -0.39 is 0 Å². The maximum Gasteiger partial charge on any atom is 0.246 e. The standard InChI is InChI=1S/C14H23NO2/c1-4-7-14(6-3)10-15(13(16)5-2)12-9-17-8-11(12)14/h5,11-12H,2,4,6-10H2,1,3H3. The highest BCUT2D eigenvalue weighted by Gasteiger charge is 2.54. The molecule has 2 saturated heterocycles. The first-order valence-electron chi connectivity index (χ1n) is 6.69. The van der Waals surface area contributed by atoms with Gasteiger partial charge >= 0.3 is 0 Å². The van der Waals surface area contributed by atoms with E-state index in [1.807, 2.05) is 4.90 Å². The van der Waals surface area contributed by atoms with Crippen molar-refractivity contribution in [3.8, 4) is 0 Å². The quantitative estimate of drug-likeness (QED) is 0.702. The molecule has 0 aromatic carbocycles. The van der Waals surface area contributed by atoms with E-state index in [9.17, 15) is 4.79 Å². The molecule has 2 aliphatic heterocycles. The minimum absolute atomic E-state index is 0.0666. The van der Waals surface area contributed by atoms with E-state index in [0.717, 1.165) is 19.6 Å². The van der Waals surface area contributed by atoms with Crippen molar-refractivity contribution in [3.63, 3.8) is 0 Å². The maximum absolute atomic E-state index is 11.9. The van der Waals surface area contributed by atoms with Crippen molar-refractivity contribution < 1.29 is 9.53 Å². The number of ether oxygens (including phenoxy) is 1. The van der Waals surface area contributed by atoms with Gasteiger partial charge in [0.05, 0.1) is 19.3 Å². The predicted molar refractivity (Wildman–Crippen MR) is 67.6 cm³/mol. The summed E-state index contributed by atoms with van der Waals surface area (Å²) >= 11 is 0. The average Bonchev–Trinajstić information content (AvgIpc) is 2.91. The fourth-order valence-corrected chi connectivity index (χ4v) is 3.68. The van der Waals surface area contributed by atoms with Crippen LogP contribution in [0.25, 0.3) is 0 Å². The Morgan fingerprint density at radius 2 is 2.29 bits per heavy atom. The minimum Gasteiger partial charge on any atom is -0.379 e. The van der Waals surface area contributed by atoms with Gasteiger partial charge in [-0.05, 0) is 24.3 Å². The molecule has 1 amide bonds. The lowest BCUT2D eigenvalue weighted by molar-refractivity contribution is -0.127. The highest BCUT2D eigenvalue weighted by molar-refractivity contribution is 5.87. The lowest BCUT2D eigenvalue weighted by Gasteiger charge is -2.32. The molecule has 0 saturated carbocycles. The van der Waals surface area contributed by atoms with Gasteiger partial charge in [-0.1, -0.05) is 26.8 Å². The zero-order valence-corrected chi connectivity index (χ0v) is 10.9. The van der Waals surface area contributed by atoms with Gasteiger partial charge in [-0.3, -0.25) is 4.79 Å². The molecular weight excluding hydrogens is 214 g/mol. The van der Waals surface area contributed by atoms with Crippen molar-refractivity contribution in [2.45, 2.75) is 39.2 Å². The molecule has 0 radical (unpaired) electrons. The van der Waals surface area contributed by atoms with Crippen molar-refractivity contribution in [1.82, 2.24) is 4.90 Å². The van der Waals surface area contributed by atoms with Crippen LogP contribution in [-0.4, -0.2) is 36.6 Å². The van der Waals surface area contributed by atoms with Gasteiger partial charge in [0.1, 0.15) is 0 Å². The van der Waals surface area contributed by atoms with Gasteiger partial charge in [-0.15, -0.1) is 0 Å². The molecule has 3 heteroatoms. The number of fused-ring (bicyclic) bond motifs is 1. The van der Waals surface area contributed by atoms with Crippen LogP contribution in [0.15, 0.2) is 12.7 Å². The van der Waals surface area contributed by atoms with Crippen LogP contribution in [-0.2, 0) is 9.53 Å². The Hall–Kier alpha value is -0.830. The van der Waals surface area contributed by atoms with Crippen molar-refractivity contribution in [1.29, 1.82) is 0 Å². The smallest absolute Gasteiger partial charge is 0.246 e. The normalized spacial score (nSPS) is 36.0. The number of hydrogen-bond acceptors (Lipinski definition) is 2. The molecule has 2 heterocycles. The van der Waals surface area contributed by atoms with Crippen LogP contribution in [0.3, 0.4) is 0 Å². The molecule has 2 rings (SSSR count). The van der Waals surface area contributed by atoms with Crippen LogP contribution in [0.5, 0.6) is 0 Å². The van der Waals surface area contributed by atoms with E-state index in [4.69, 9.17) is 4.74 Å². The third kappa shape index (κ3) is 1.90. The maximum atomic E-state index is 11.9. The second-order valence-corrected chi connectivity index (χ2v) is 5.35. The number of hydrogen-bond donors (Lipinski definition) is 0. The molecule has 17 heavy (non-hydrogen) atoms. The molecule has 96 valence electrons. The summed E-state index contributed by atoms with van der Waals surface area (Å²) in [5.74, 6) is 0.591. The van der Waals surface area contributed by atoms with E-state index in [-0.39, 0.29) is 17.4 Å².